The van der Waals surface area contributed by atoms with Gasteiger partial charge in [-0.2, -0.15) is 10.2 Å². The summed E-state index contributed by atoms with van der Waals surface area (Å²) < 4.78 is 1.72. The van der Waals surface area contributed by atoms with Gasteiger partial charge in [-0.3, -0.25) is 9.78 Å². The number of phenols is 1. The third kappa shape index (κ3) is 2.81. The summed E-state index contributed by atoms with van der Waals surface area (Å²) in [6, 6.07) is 7.31. The van der Waals surface area contributed by atoms with Gasteiger partial charge in [0.25, 0.3) is 0 Å². The number of aromatic hydroxyl groups is 1. The molecule has 0 bridgehead atoms. The zero-order chi connectivity index (χ0) is 18.3. The number of pyridine rings is 1. The van der Waals surface area contributed by atoms with Crippen molar-refractivity contribution in [1.82, 2.24) is 25.0 Å². The predicted molar refractivity (Wildman–Crippen MR) is 101 cm³/mol. The maximum atomic E-state index is 9.95. The highest BCUT2D eigenvalue weighted by atomic mass is 16.3. The van der Waals surface area contributed by atoms with Crippen molar-refractivity contribution in [2.24, 2.45) is 7.05 Å². The van der Waals surface area contributed by atoms with Crippen LogP contribution in [0.1, 0.15) is 11.1 Å². The summed E-state index contributed by atoms with van der Waals surface area (Å²) >= 11 is 0. The van der Waals surface area contributed by atoms with E-state index in [1.807, 2.05) is 45.3 Å². The molecule has 8 heteroatoms. The van der Waals surface area contributed by atoms with Crippen LogP contribution in [-0.4, -0.2) is 30.1 Å². The number of rotatable bonds is 4. The standard InChI is InChI=1S/C18H19N7O/c1-10-4-5-14(26)11(2)17(10)21-18-12-9-19-16(8-13(12)22-23-18)20-15-6-7-25(3)24-15/h4-9,26H,1-3H3,(H,19,20,24)(H2,21,22,23). The molecule has 0 fully saturated rings. The molecule has 4 N–H and O–H groups in total. The van der Waals surface area contributed by atoms with E-state index in [1.165, 1.54) is 0 Å². The molecule has 3 aromatic heterocycles. The Bertz CT molecular complexity index is 1100. The van der Waals surface area contributed by atoms with Gasteiger partial charge in [-0.05, 0) is 25.5 Å². The highest BCUT2D eigenvalue weighted by molar-refractivity contribution is 5.92. The van der Waals surface area contributed by atoms with E-state index in [0.717, 1.165) is 33.5 Å². The van der Waals surface area contributed by atoms with E-state index in [9.17, 15) is 5.11 Å². The number of nitrogens with zero attached hydrogens (tertiary/aromatic N) is 4. The van der Waals surface area contributed by atoms with Gasteiger partial charge in [0, 0.05) is 42.8 Å². The minimum Gasteiger partial charge on any atom is -0.508 e. The van der Waals surface area contributed by atoms with Gasteiger partial charge in [0.15, 0.2) is 11.6 Å². The first kappa shape index (κ1) is 15.9. The number of H-pyrrole nitrogens is 1. The minimum atomic E-state index is 0.248. The van der Waals surface area contributed by atoms with E-state index in [1.54, 1.807) is 16.9 Å². The Morgan fingerprint density at radius 3 is 2.73 bits per heavy atom. The van der Waals surface area contributed by atoms with Crippen LogP contribution in [0.25, 0.3) is 10.9 Å². The molecule has 4 rings (SSSR count). The molecular weight excluding hydrogens is 330 g/mol. The summed E-state index contributed by atoms with van der Waals surface area (Å²) in [6.07, 6.45) is 3.61. The molecule has 8 nitrogen and oxygen atoms in total. The summed E-state index contributed by atoms with van der Waals surface area (Å²) in [7, 11) is 1.86. The average molecular weight is 349 g/mol. The fourth-order valence-corrected chi connectivity index (χ4v) is 2.84. The number of aryl methyl sites for hydroxylation is 2. The molecule has 0 radical (unpaired) electrons. The molecule has 0 saturated carbocycles. The lowest BCUT2D eigenvalue weighted by Gasteiger charge is -2.12. The number of benzene rings is 1. The second-order valence-corrected chi connectivity index (χ2v) is 6.21. The highest BCUT2D eigenvalue weighted by Crippen LogP contribution is 2.32. The van der Waals surface area contributed by atoms with Gasteiger partial charge in [0.2, 0.25) is 0 Å². The topological polar surface area (TPSA) is 104 Å². The van der Waals surface area contributed by atoms with E-state index in [4.69, 9.17) is 0 Å². The van der Waals surface area contributed by atoms with Gasteiger partial charge in [0.05, 0.1) is 10.9 Å². The maximum absolute atomic E-state index is 9.95. The van der Waals surface area contributed by atoms with Crippen LogP contribution in [0, 0.1) is 13.8 Å². The summed E-state index contributed by atoms with van der Waals surface area (Å²) in [4.78, 5) is 4.44. The number of phenolic OH excluding ortho intramolecular Hbond substituents is 1. The van der Waals surface area contributed by atoms with Crippen molar-refractivity contribution in [3.63, 3.8) is 0 Å². The Labute approximate surface area is 149 Å². The Kier molecular flexibility index (Phi) is 3.72. The molecular formula is C18H19N7O. The van der Waals surface area contributed by atoms with Gasteiger partial charge in [-0.1, -0.05) is 6.07 Å². The van der Waals surface area contributed by atoms with Crippen LogP contribution in [-0.2, 0) is 7.05 Å². The molecule has 4 aromatic rings. The summed E-state index contributed by atoms with van der Waals surface area (Å²) in [5.74, 6) is 2.31. The number of aromatic amines is 1. The zero-order valence-corrected chi connectivity index (χ0v) is 14.7. The Balaban J connectivity index is 1.65. The lowest BCUT2D eigenvalue weighted by molar-refractivity contribution is 0.471. The zero-order valence-electron chi connectivity index (χ0n) is 14.7. The number of fused-ring (bicyclic) bond motifs is 1. The van der Waals surface area contributed by atoms with Crippen LogP contribution in [0.4, 0.5) is 23.1 Å². The normalized spacial score (nSPS) is 11.0. The van der Waals surface area contributed by atoms with E-state index < -0.39 is 0 Å². The molecule has 0 saturated heterocycles. The second kappa shape index (κ2) is 6.07. The SMILES string of the molecule is Cc1ccc(O)c(C)c1Nc1n[nH]c2cc(Nc3ccn(C)n3)ncc12. The van der Waals surface area contributed by atoms with Crippen LogP contribution in [0.5, 0.6) is 5.75 Å². The molecule has 0 aliphatic rings. The maximum Gasteiger partial charge on any atom is 0.161 e. The van der Waals surface area contributed by atoms with E-state index in [0.29, 0.717) is 11.6 Å². The van der Waals surface area contributed by atoms with Gasteiger partial charge in [-0.25, -0.2) is 4.98 Å². The van der Waals surface area contributed by atoms with Crippen molar-refractivity contribution in [2.75, 3.05) is 10.6 Å². The second-order valence-electron chi connectivity index (χ2n) is 6.21. The molecule has 0 amide bonds. The van der Waals surface area contributed by atoms with E-state index in [2.05, 4.69) is 30.9 Å². The van der Waals surface area contributed by atoms with Crippen molar-refractivity contribution in [1.29, 1.82) is 0 Å². The van der Waals surface area contributed by atoms with Crippen molar-refractivity contribution in [3.05, 3.63) is 47.8 Å². The predicted octanol–water partition coefficient (Wildman–Crippen LogP) is 3.50. The van der Waals surface area contributed by atoms with Crippen molar-refractivity contribution in [3.8, 4) is 5.75 Å². The minimum absolute atomic E-state index is 0.248. The number of hydrogen-bond acceptors (Lipinski definition) is 6. The number of hydrogen-bond donors (Lipinski definition) is 4. The van der Waals surface area contributed by atoms with Gasteiger partial charge < -0.3 is 15.7 Å². The smallest absolute Gasteiger partial charge is 0.161 e. The Morgan fingerprint density at radius 1 is 1.12 bits per heavy atom. The number of nitrogens with one attached hydrogen (secondary N) is 3. The van der Waals surface area contributed by atoms with Crippen LogP contribution in [0.3, 0.4) is 0 Å². The molecule has 0 aliphatic heterocycles. The summed E-state index contributed by atoms with van der Waals surface area (Å²) in [5.41, 5.74) is 3.49. The molecule has 132 valence electrons. The largest absolute Gasteiger partial charge is 0.508 e. The quantitative estimate of drug-likeness (QED) is 0.449. The fourth-order valence-electron chi connectivity index (χ4n) is 2.84. The first-order valence-electron chi connectivity index (χ1n) is 8.18. The number of aromatic nitrogens is 5. The van der Waals surface area contributed by atoms with Gasteiger partial charge in [-0.15, -0.1) is 0 Å². The van der Waals surface area contributed by atoms with E-state index >= 15 is 0 Å². The lowest BCUT2D eigenvalue weighted by atomic mass is 10.1. The Morgan fingerprint density at radius 2 is 1.96 bits per heavy atom. The summed E-state index contributed by atoms with van der Waals surface area (Å²) in [5, 5.41) is 28.9. The molecule has 0 aliphatic carbocycles. The van der Waals surface area contributed by atoms with Gasteiger partial charge >= 0.3 is 0 Å². The van der Waals surface area contributed by atoms with Crippen LogP contribution in [0.2, 0.25) is 0 Å². The third-order valence-electron chi connectivity index (χ3n) is 4.31. The fraction of sp³-hybridized carbons (Fsp3) is 0.167. The lowest BCUT2D eigenvalue weighted by Crippen LogP contribution is -1.98. The van der Waals surface area contributed by atoms with Crippen LogP contribution >= 0.6 is 0 Å². The molecule has 26 heavy (non-hydrogen) atoms. The Hall–Kier alpha value is -3.55. The first-order valence-corrected chi connectivity index (χ1v) is 8.18. The first-order chi connectivity index (χ1) is 12.5. The number of anilines is 4. The highest BCUT2D eigenvalue weighted by Gasteiger charge is 2.12. The molecule has 3 heterocycles. The average Bonchev–Trinajstić information content (AvgIpc) is 3.21. The molecule has 0 spiro atoms. The molecule has 1 aromatic carbocycles. The van der Waals surface area contributed by atoms with Crippen molar-refractivity contribution < 1.29 is 5.11 Å². The molecule has 0 atom stereocenters. The van der Waals surface area contributed by atoms with Crippen LogP contribution in [0.15, 0.2) is 36.7 Å². The molecule has 0 unspecified atom stereocenters. The van der Waals surface area contributed by atoms with Crippen molar-refractivity contribution >= 4 is 34.0 Å². The monoisotopic (exact) mass is 349 g/mol. The third-order valence-corrected chi connectivity index (χ3v) is 4.31. The van der Waals surface area contributed by atoms with E-state index in [-0.39, 0.29) is 5.75 Å². The van der Waals surface area contributed by atoms with Crippen molar-refractivity contribution in [2.45, 2.75) is 13.8 Å². The van der Waals surface area contributed by atoms with Crippen LogP contribution < -0.4 is 10.6 Å². The summed E-state index contributed by atoms with van der Waals surface area (Å²) in [6.45, 7) is 3.85. The van der Waals surface area contributed by atoms with Gasteiger partial charge in [0.1, 0.15) is 11.6 Å².